The molecule has 1 N–H and O–H groups in total. The van der Waals surface area contributed by atoms with Crippen molar-refractivity contribution in [1.82, 2.24) is 10.2 Å². The summed E-state index contributed by atoms with van der Waals surface area (Å²) in [5, 5.41) is 3.53. The van der Waals surface area contributed by atoms with E-state index < -0.39 is 0 Å². The molecule has 0 amide bonds. The maximum absolute atomic E-state index is 3.53. The first-order valence-corrected chi connectivity index (χ1v) is 8.32. The standard InChI is InChI=1S/C18H26N2/c1-20(17-8-9-19-12-17)18-15-6-7-16(18)11-14-5-3-2-4-13(14)10-15/h2-5,15-19H,6-12H2,1H3. The highest BCUT2D eigenvalue weighted by atomic mass is 15.2. The lowest BCUT2D eigenvalue weighted by Crippen LogP contribution is -2.46. The summed E-state index contributed by atoms with van der Waals surface area (Å²) in [7, 11) is 2.39. The molecule has 2 heteroatoms. The zero-order chi connectivity index (χ0) is 13.5. The van der Waals surface area contributed by atoms with Crippen LogP contribution in [0.1, 0.15) is 30.4 Å². The Balaban J connectivity index is 1.60. The number of nitrogens with one attached hydrogen (secondary N) is 1. The largest absolute Gasteiger partial charge is 0.315 e. The zero-order valence-electron chi connectivity index (χ0n) is 12.5. The number of nitrogens with zero attached hydrogens (tertiary/aromatic N) is 1. The van der Waals surface area contributed by atoms with Crippen LogP contribution in [0.25, 0.3) is 0 Å². The van der Waals surface area contributed by atoms with Gasteiger partial charge in [-0.2, -0.15) is 0 Å². The Morgan fingerprint density at radius 2 is 1.65 bits per heavy atom. The van der Waals surface area contributed by atoms with Gasteiger partial charge in [0.15, 0.2) is 0 Å². The second kappa shape index (κ2) is 5.16. The molecule has 108 valence electrons. The molecule has 0 spiro atoms. The summed E-state index contributed by atoms with van der Waals surface area (Å²) in [5.74, 6) is 1.77. The van der Waals surface area contributed by atoms with E-state index >= 15 is 0 Å². The Bertz CT molecular complexity index is 445. The highest BCUT2D eigenvalue weighted by Crippen LogP contribution is 2.43. The number of fused-ring (bicyclic) bond motifs is 3. The fraction of sp³-hybridized carbons (Fsp3) is 0.667. The topological polar surface area (TPSA) is 15.3 Å². The molecular formula is C18H26N2. The lowest BCUT2D eigenvalue weighted by Gasteiger charge is -2.36. The van der Waals surface area contributed by atoms with Crippen molar-refractivity contribution in [3.63, 3.8) is 0 Å². The summed E-state index contributed by atoms with van der Waals surface area (Å²) >= 11 is 0. The predicted molar refractivity (Wildman–Crippen MR) is 82.9 cm³/mol. The molecule has 2 fully saturated rings. The number of rotatable bonds is 2. The molecule has 3 aliphatic rings. The fourth-order valence-electron chi connectivity index (χ4n) is 5.02. The van der Waals surface area contributed by atoms with Gasteiger partial charge in [-0.1, -0.05) is 24.3 Å². The first-order chi connectivity index (χ1) is 9.83. The van der Waals surface area contributed by atoms with Gasteiger partial charge in [0.05, 0.1) is 0 Å². The quantitative estimate of drug-likeness (QED) is 0.888. The number of likely N-dealkylation sites (N-methyl/N-ethyl adjacent to an activating group) is 1. The third-order valence-electron chi connectivity index (χ3n) is 6.04. The van der Waals surface area contributed by atoms with Gasteiger partial charge in [0.2, 0.25) is 0 Å². The van der Waals surface area contributed by atoms with E-state index in [9.17, 15) is 0 Å². The average Bonchev–Trinajstić information content (AvgIpc) is 3.05. The minimum Gasteiger partial charge on any atom is -0.315 e. The third kappa shape index (κ3) is 2.10. The number of hydrogen-bond acceptors (Lipinski definition) is 2. The van der Waals surface area contributed by atoms with Gasteiger partial charge in [0.1, 0.15) is 0 Å². The van der Waals surface area contributed by atoms with Crippen molar-refractivity contribution in [3.05, 3.63) is 35.4 Å². The zero-order valence-corrected chi connectivity index (χ0v) is 12.5. The van der Waals surface area contributed by atoms with Crippen LogP contribution in [0.15, 0.2) is 24.3 Å². The first-order valence-electron chi connectivity index (χ1n) is 8.32. The van der Waals surface area contributed by atoms with Crippen LogP contribution in [-0.4, -0.2) is 37.1 Å². The Morgan fingerprint density at radius 1 is 1.00 bits per heavy atom. The van der Waals surface area contributed by atoms with E-state index in [1.807, 2.05) is 0 Å². The smallest absolute Gasteiger partial charge is 0.0232 e. The maximum Gasteiger partial charge on any atom is 0.0232 e. The van der Waals surface area contributed by atoms with Crippen LogP contribution in [-0.2, 0) is 12.8 Å². The van der Waals surface area contributed by atoms with Crippen LogP contribution in [0.5, 0.6) is 0 Å². The summed E-state index contributed by atoms with van der Waals surface area (Å²) in [4.78, 5) is 2.74. The van der Waals surface area contributed by atoms with Crippen LogP contribution in [0, 0.1) is 11.8 Å². The lowest BCUT2D eigenvalue weighted by atomic mass is 9.92. The van der Waals surface area contributed by atoms with E-state index in [4.69, 9.17) is 0 Å². The van der Waals surface area contributed by atoms with Crippen molar-refractivity contribution >= 4 is 0 Å². The Hall–Kier alpha value is -0.860. The van der Waals surface area contributed by atoms with E-state index in [1.54, 1.807) is 11.1 Å². The summed E-state index contributed by atoms with van der Waals surface area (Å²) in [5.41, 5.74) is 3.25. The maximum atomic E-state index is 3.53. The molecule has 2 nitrogen and oxygen atoms in total. The molecule has 1 heterocycles. The molecule has 4 rings (SSSR count). The van der Waals surface area contributed by atoms with Gasteiger partial charge in [-0.3, -0.25) is 4.90 Å². The molecule has 1 aromatic carbocycles. The van der Waals surface area contributed by atoms with Gasteiger partial charge in [0, 0.05) is 18.6 Å². The van der Waals surface area contributed by atoms with E-state index in [0.29, 0.717) is 0 Å². The van der Waals surface area contributed by atoms with Gasteiger partial charge in [-0.05, 0) is 68.7 Å². The van der Waals surface area contributed by atoms with E-state index in [2.05, 4.69) is 41.5 Å². The molecule has 1 saturated heterocycles. The second-order valence-corrected chi connectivity index (χ2v) is 7.08. The molecule has 0 aromatic heterocycles. The molecule has 2 bridgehead atoms. The molecule has 2 aliphatic carbocycles. The Labute approximate surface area is 122 Å². The molecule has 1 aromatic rings. The summed E-state index contributed by atoms with van der Waals surface area (Å²) in [6.07, 6.45) is 6.82. The minimum absolute atomic E-state index is 0.768. The first kappa shape index (κ1) is 12.8. The molecular weight excluding hydrogens is 244 g/mol. The molecule has 20 heavy (non-hydrogen) atoms. The van der Waals surface area contributed by atoms with E-state index in [0.717, 1.165) is 23.9 Å². The Morgan fingerprint density at radius 3 is 2.20 bits per heavy atom. The number of benzene rings is 1. The molecule has 3 unspecified atom stereocenters. The predicted octanol–water partition coefficient (Wildman–Crippen LogP) is 2.47. The fourth-order valence-corrected chi connectivity index (χ4v) is 5.02. The molecule has 1 saturated carbocycles. The average molecular weight is 270 g/mol. The van der Waals surface area contributed by atoms with Gasteiger partial charge in [-0.25, -0.2) is 0 Å². The lowest BCUT2D eigenvalue weighted by molar-refractivity contribution is 0.119. The molecule has 0 radical (unpaired) electrons. The van der Waals surface area contributed by atoms with Gasteiger partial charge >= 0.3 is 0 Å². The van der Waals surface area contributed by atoms with Gasteiger partial charge < -0.3 is 5.32 Å². The summed E-state index contributed by atoms with van der Waals surface area (Å²) in [6, 6.07) is 10.8. The van der Waals surface area contributed by atoms with Crippen LogP contribution < -0.4 is 5.32 Å². The van der Waals surface area contributed by atoms with Gasteiger partial charge in [-0.15, -0.1) is 0 Å². The van der Waals surface area contributed by atoms with E-state index in [-0.39, 0.29) is 0 Å². The minimum atomic E-state index is 0.768. The van der Waals surface area contributed by atoms with Crippen molar-refractivity contribution in [1.29, 1.82) is 0 Å². The van der Waals surface area contributed by atoms with Crippen LogP contribution >= 0.6 is 0 Å². The molecule has 3 atom stereocenters. The van der Waals surface area contributed by atoms with Crippen LogP contribution in [0.2, 0.25) is 0 Å². The highest BCUT2D eigenvalue weighted by molar-refractivity contribution is 5.31. The summed E-state index contributed by atoms with van der Waals surface area (Å²) < 4.78 is 0. The second-order valence-electron chi connectivity index (χ2n) is 7.08. The SMILES string of the molecule is CN(C1CCNC1)C1C2CCC1Cc1ccccc1C2. The third-order valence-corrected chi connectivity index (χ3v) is 6.04. The van der Waals surface area contributed by atoms with E-state index in [1.165, 1.54) is 45.2 Å². The van der Waals surface area contributed by atoms with Crippen molar-refractivity contribution in [2.75, 3.05) is 20.1 Å². The van der Waals surface area contributed by atoms with Crippen molar-refractivity contribution in [2.24, 2.45) is 11.8 Å². The van der Waals surface area contributed by atoms with Crippen LogP contribution in [0.4, 0.5) is 0 Å². The van der Waals surface area contributed by atoms with Crippen molar-refractivity contribution in [2.45, 2.75) is 44.2 Å². The van der Waals surface area contributed by atoms with Crippen LogP contribution in [0.3, 0.4) is 0 Å². The molecule has 1 aliphatic heterocycles. The van der Waals surface area contributed by atoms with Crippen molar-refractivity contribution in [3.8, 4) is 0 Å². The monoisotopic (exact) mass is 270 g/mol. The van der Waals surface area contributed by atoms with Crippen molar-refractivity contribution < 1.29 is 0 Å². The normalized spacial score (nSPS) is 36.1. The summed E-state index contributed by atoms with van der Waals surface area (Å²) in [6.45, 7) is 2.40. The highest BCUT2D eigenvalue weighted by Gasteiger charge is 2.42. The van der Waals surface area contributed by atoms with Gasteiger partial charge in [0.25, 0.3) is 0 Å². The number of hydrogen-bond donors (Lipinski definition) is 1. The Kier molecular flexibility index (Phi) is 3.31.